The van der Waals surface area contributed by atoms with Gasteiger partial charge in [-0.1, -0.05) is 51.8 Å². The van der Waals surface area contributed by atoms with Crippen molar-refractivity contribution < 1.29 is 4.79 Å². The molecule has 0 unspecified atom stereocenters. The molecule has 0 saturated heterocycles. The Balaban J connectivity index is 1.79. The molecule has 116 valence electrons. The number of nitrogens with one attached hydrogen (secondary N) is 1. The zero-order valence-corrected chi connectivity index (χ0v) is 15.3. The van der Waals surface area contributed by atoms with Gasteiger partial charge in [0.1, 0.15) is 4.88 Å². The molecule has 1 N–H and O–H groups in total. The Kier molecular flexibility index (Phi) is 4.80. The highest BCUT2D eigenvalue weighted by molar-refractivity contribution is 9.10. The summed E-state index contributed by atoms with van der Waals surface area (Å²) >= 11 is 11.1. The van der Waals surface area contributed by atoms with E-state index in [9.17, 15) is 4.79 Å². The molecule has 0 radical (unpaired) electrons. The average molecular weight is 408 g/mol. The van der Waals surface area contributed by atoms with Gasteiger partial charge in [0.05, 0.1) is 11.2 Å². The van der Waals surface area contributed by atoms with Crippen LogP contribution in [0.2, 0.25) is 5.02 Å². The summed E-state index contributed by atoms with van der Waals surface area (Å²) in [6.45, 7) is 2.01. The number of benzene rings is 2. The Morgan fingerprint density at radius 2 is 2.13 bits per heavy atom. The normalized spacial score (nSPS) is 11.3. The van der Waals surface area contributed by atoms with Crippen molar-refractivity contribution in [1.29, 1.82) is 0 Å². The third-order valence-corrected chi connectivity index (χ3v) is 5.37. The molecule has 1 heterocycles. The fourth-order valence-corrected chi connectivity index (χ4v) is 4.04. The lowest BCUT2D eigenvalue weighted by molar-refractivity contribution is 0.0959. The summed E-state index contributed by atoms with van der Waals surface area (Å²) in [5.74, 6) is -0.305. The van der Waals surface area contributed by atoms with E-state index in [1.165, 1.54) is 11.3 Å². The second-order valence-electron chi connectivity index (χ2n) is 5.00. The van der Waals surface area contributed by atoms with Crippen LogP contribution in [0.5, 0.6) is 0 Å². The molecule has 23 heavy (non-hydrogen) atoms. The molecule has 2 aromatic carbocycles. The van der Waals surface area contributed by atoms with Crippen LogP contribution in [0.1, 0.15) is 20.8 Å². The molecule has 1 amide bonds. The van der Waals surface area contributed by atoms with E-state index in [4.69, 9.17) is 11.6 Å². The van der Waals surface area contributed by atoms with Gasteiger partial charge in [0.25, 0.3) is 5.91 Å². The summed E-state index contributed by atoms with van der Waals surface area (Å²) in [6.07, 6.45) is 1.59. The van der Waals surface area contributed by atoms with E-state index in [0.29, 0.717) is 9.90 Å². The first-order chi connectivity index (χ1) is 11.0. The van der Waals surface area contributed by atoms with E-state index in [2.05, 4.69) is 26.5 Å². The molecule has 3 nitrogen and oxygen atoms in total. The highest BCUT2D eigenvalue weighted by Crippen LogP contribution is 2.35. The Bertz CT molecular complexity index is 920. The lowest BCUT2D eigenvalue weighted by atomic mass is 10.2. The SMILES string of the molecule is Cc1ccc2c(Cl)c(C(=O)N/N=C/c3cccc(Br)c3)sc2c1. The van der Waals surface area contributed by atoms with E-state index < -0.39 is 0 Å². The highest BCUT2D eigenvalue weighted by atomic mass is 79.9. The van der Waals surface area contributed by atoms with E-state index >= 15 is 0 Å². The van der Waals surface area contributed by atoms with Crippen LogP contribution in [0.15, 0.2) is 52.0 Å². The van der Waals surface area contributed by atoms with Gasteiger partial charge in [-0.2, -0.15) is 5.10 Å². The molecule has 1 aromatic heterocycles. The topological polar surface area (TPSA) is 41.5 Å². The van der Waals surface area contributed by atoms with Crippen molar-refractivity contribution in [2.24, 2.45) is 5.10 Å². The number of aryl methyl sites for hydroxylation is 1. The number of nitrogens with zero attached hydrogens (tertiary/aromatic N) is 1. The fourth-order valence-electron chi connectivity index (χ4n) is 2.12. The van der Waals surface area contributed by atoms with Crippen molar-refractivity contribution in [2.45, 2.75) is 6.92 Å². The summed E-state index contributed by atoms with van der Waals surface area (Å²) in [7, 11) is 0. The smallest absolute Gasteiger partial charge is 0.266 e. The molecule has 0 atom stereocenters. The van der Waals surface area contributed by atoms with Crippen LogP contribution < -0.4 is 5.43 Å². The first-order valence-corrected chi connectivity index (χ1v) is 8.81. The third-order valence-electron chi connectivity index (χ3n) is 3.22. The Labute approximate surface area is 151 Å². The lowest BCUT2D eigenvalue weighted by Crippen LogP contribution is -2.16. The zero-order chi connectivity index (χ0) is 16.4. The van der Waals surface area contributed by atoms with Crippen LogP contribution in [0, 0.1) is 6.92 Å². The van der Waals surface area contributed by atoms with Crippen LogP contribution in [-0.4, -0.2) is 12.1 Å². The number of fused-ring (bicyclic) bond motifs is 1. The first kappa shape index (κ1) is 16.2. The minimum absolute atomic E-state index is 0.305. The summed E-state index contributed by atoms with van der Waals surface area (Å²) in [4.78, 5) is 12.7. The van der Waals surface area contributed by atoms with Gasteiger partial charge in [0.2, 0.25) is 0 Å². The number of hydrazone groups is 1. The molecule has 3 aromatic rings. The molecule has 0 aliphatic rings. The maximum Gasteiger partial charge on any atom is 0.283 e. The van der Waals surface area contributed by atoms with Gasteiger partial charge < -0.3 is 0 Å². The van der Waals surface area contributed by atoms with Crippen molar-refractivity contribution in [2.75, 3.05) is 0 Å². The maximum absolute atomic E-state index is 12.3. The zero-order valence-electron chi connectivity index (χ0n) is 12.1. The van der Waals surface area contributed by atoms with Gasteiger partial charge in [-0.15, -0.1) is 11.3 Å². The molecule has 3 rings (SSSR count). The van der Waals surface area contributed by atoms with Gasteiger partial charge in [0.15, 0.2) is 0 Å². The van der Waals surface area contributed by atoms with Crippen molar-refractivity contribution in [3.05, 3.63) is 68.0 Å². The molecular weight excluding hydrogens is 396 g/mol. The Morgan fingerprint density at radius 1 is 1.30 bits per heavy atom. The Hall–Kier alpha value is -1.69. The number of rotatable bonds is 3. The van der Waals surface area contributed by atoms with E-state index in [1.807, 2.05) is 49.4 Å². The second-order valence-corrected chi connectivity index (χ2v) is 7.34. The van der Waals surface area contributed by atoms with Crippen molar-refractivity contribution in [3.63, 3.8) is 0 Å². The predicted octanol–water partition coefficient (Wildman–Crippen LogP) is 5.39. The summed E-state index contributed by atoms with van der Waals surface area (Å²) in [5, 5.41) is 5.35. The van der Waals surface area contributed by atoms with Crippen LogP contribution in [0.4, 0.5) is 0 Å². The Morgan fingerprint density at radius 3 is 2.91 bits per heavy atom. The number of carbonyl (C=O) groups excluding carboxylic acids is 1. The standard InChI is InChI=1S/C17H12BrClN2OS/c1-10-5-6-13-14(7-10)23-16(15(13)19)17(22)21-20-9-11-3-2-4-12(18)8-11/h2-9H,1H3,(H,21,22)/b20-9+. The number of thiophene rings is 1. The highest BCUT2D eigenvalue weighted by Gasteiger charge is 2.16. The van der Waals surface area contributed by atoms with Crippen LogP contribution in [0.25, 0.3) is 10.1 Å². The average Bonchev–Trinajstić information content (AvgIpc) is 2.83. The second kappa shape index (κ2) is 6.83. The van der Waals surface area contributed by atoms with Crippen LogP contribution in [-0.2, 0) is 0 Å². The minimum atomic E-state index is -0.305. The van der Waals surface area contributed by atoms with Gasteiger partial charge in [-0.05, 0) is 36.2 Å². The maximum atomic E-state index is 12.3. The first-order valence-electron chi connectivity index (χ1n) is 6.82. The van der Waals surface area contributed by atoms with Crippen molar-refractivity contribution >= 4 is 61.1 Å². The lowest BCUT2D eigenvalue weighted by Gasteiger charge is -1.98. The predicted molar refractivity (Wildman–Crippen MR) is 101 cm³/mol. The van der Waals surface area contributed by atoms with E-state index in [-0.39, 0.29) is 5.91 Å². The molecule has 0 fully saturated rings. The number of hydrogen-bond donors (Lipinski definition) is 1. The van der Waals surface area contributed by atoms with Gasteiger partial charge in [-0.25, -0.2) is 5.43 Å². The summed E-state index contributed by atoms with van der Waals surface area (Å²) in [6, 6.07) is 13.6. The summed E-state index contributed by atoms with van der Waals surface area (Å²) < 4.78 is 1.95. The quantitative estimate of drug-likeness (QED) is 0.459. The molecule has 0 aliphatic heterocycles. The molecule has 0 aliphatic carbocycles. The van der Waals surface area contributed by atoms with Gasteiger partial charge in [0, 0.05) is 14.6 Å². The van der Waals surface area contributed by atoms with Crippen molar-refractivity contribution in [1.82, 2.24) is 5.43 Å². The third kappa shape index (κ3) is 3.63. The largest absolute Gasteiger partial charge is 0.283 e. The number of carbonyl (C=O) groups is 1. The van der Waals surface area contributed by atoms with Crippen LogP contribution in [0.3, 0.4) is 0 Å². The van der Waals surface area contributed by atoms with Gasteiger partial charge >= 0.3 is 0 Å². The molecular formula is C17H12BrClN2OS. The monoisotopic (exact) mass is 406 g/mol. The summed E-state index contributed by atoms with van der Waals surface area (Å²) in [5.41, 5.74) is 4.55. The number of halogens is 2. The van der Waals surface area contributed by atoms with E-state index in [0.717, 1.165) is 25.7 Å². The van der Waals surface area contributed by atoms with Crippen LogP contribution >= 0.6 is 38.9 Å². The number of hydrogen-bond acceptors (Lipinski definition) is 3. The fraction of sp³-hybridized carbons (Fsp3) is 0.0588. The minimum Gasteiger partial charge on any atom is -0.266 e. The van der Waals surface area contributed by atoms with Gasteiger partial charge in [-0.3, -0.25) is 4.79 Å². The van der Waals surface area contributed by atoms with E-state index in [1.54, 1.807) is 6.21 Å². The molecule has 0 spiro atoms. The number of amides is 1. The van der Waals surface area contributed by atoms with Crippen molar-refractivity contribution in [3.8, 4) is 0 Å². The molecule has 0 saturated carbocycles. The molecule has 6 heteroatoms. The molecule has 0 bridgehead atoms.